The Morgan fingerprint density at radius 3 is 2.80 bits per heavy atom. The molecule has 0 radical (unpaired) electrons. The van der Waals surface area contributed by atoms with Crippen LogP contribution in [0.3, 0.4) is 0 Å². The molecule has 0 bridgehead atoms. The largest absolute Gasteiger partial charge is 0.321 e. The third-order valence-corrected chi connectivity index (χ3v) is 3.52. The minimum Gasteiger partial charge on any atom is -0.321 e. The fraction of sp³-hybridized carbons (Fsp3) is 0.133. The zero-order chi connectivity index (χ0) is 14.5. The molecule has 0 unspecified atom stereocenters. The number of rotatable bonds is 2. The van der Waals surface area contributed by atoms with Crippen molar-refractivity contribution in [1.82, 2.24) is 0 Å². The van der Waals surface area contributed by atoms with Crippen molar-refractivity contribution in [2.24, 2.45) is 5.73 Å². The Kier molecular flexibility index (Phi) is 4.51. The summed E-state index contributed by atoms with van der Waals surface area (Å²) < 4.78 is 13.7. The molecule has 0 saturated carbocycles. The van der Waals surface area contributed by atoms with Crippen molar-refractivity contribution in [3.8, 4) is 11.8 Å². The fourth-order valence-corrected chi connectivity index (χ4v) is 2.35. The molecule has 0 atom stereocenters. The van der Waals surface area contributed by atoms with E-state index in [9.17, 15) is 9.18 Å². The first-order valence-corrected chi connectivity index (χ1v) is 6.78. The Labute approximate surface area is 120 Å². The van der Waals surface area contributed by atoms with E-state index >= 15 is 0 Å². The van der Waals surface area contributed by atoms with Gasteiger partial charge in [-0.15, -0.1) is 11.3 Å². The van der Waals surface area contributed by atoms with Crippen molar-refractivity contribution in [2.45, 2.75) is 6.92 Å². The maximum absolute atomic E-state index is 13.7. The number of amides is 1. The van der Waals surface area contributed by atoms with E-state index in [0.717, 1.165) is 4.88 Å². The molecule has 0 aliphatic carbocycles. The second kappa shape index (κ2) is 6.33. The van der Waals surface area contributed by atoms with Crippen LogP contribution < -0.4 is 11.1 Å². The lowest BCUT2D eigenvalue weighted by molar-refractivity contribution is 0.103. The molecule has 0 fully saturated rings. The first-order valence-electron chi connectivity index (χ1n) is 5.96. The van der Waals surface area contributed by atoms with Gasteiger partial charge >= 0.3 is 0 Å². The van der Waals surface area contributed by atoms with Crippen LogP contribution in [0.25, 0.3) is 0 Å². The van der Waals surface area contributed by atoms with E-state index in [4.69, 9.17) is 5.73 Å². The summed E-state index contributed by atoms with van der Waals surface area (Å²) in [5.74, 6) is 4.49. The summed E-state index contributed by atoms with van der Waals surface area (Å²) in [6.07, 6.45) is 0. The number of halogens is 1. The number of carbonyl (C=O) groups is 1. The summed E-state index contributed by atoms with van der Waals surface area (Å²) in [4.78, 5) is 13.6. The van der Waals surface area contributed by atoms with Gasteiger partial charge in [-0.25, -0.2) is 4.39 Å². The number of hydrogen-bond acceptors (Lipinski definition) is 3. The molecule has 1 heterocycles. The van der Waals surface area contributed by atoms with Gasteiger partial charge in [-0.1, -0.05) is 11.8 Å². The molecule has 102 valence electrons. The van der Waals surface area contributed by atoms with Gasteiger partial charge in [0.2, 0.25) is 0 Å². The molecule has 2 aromatic rings. The molecule has 0 aliphatic rings. The smallest absolute Gasteiger partial charge is 0.265 e. The van der Waals surface area contributed by atoms with Crippen LogP contribution in [0.15, 0.2) is 30.3 Å². The average Bonchev–Trinajstić information content (AvgIpc) is 2.85. The summed E-state index contributed by atoms with van der Waals surface area (Å²) in [5.41, 5.74) is 5.90. The van der Waals surface area contributed by atoms with E-state index in [1.807, 2.05) is 13.0 Å². The van der Waals surface area contributed by atoms with Crippen LogP contribution in [-0.2, 0) is 0 Å². The molecule has 20 heavy (non-hydrogen) atoms. The molecule has 3 N–H and O–H groups in total. The zero-order valence-corrected chi connectivity index (χ0v) is 11.7. The maximum Gasteiger partial charge on any atom is 0.265 e. The molecule has 0 saturated heterocycles. The van der Waals surface area contributed by atoms with Crippen LogP contribution in [0, 0.1) is 24.6 Å². The van der Waals surface area contributed by atoms with Gasteiger partial charge in [-0.2, -0.15) is 0 Å². The van der Waals surface area contributed by atoms with Gasteiger partial charge in [-0.05, 0) is 37.3 Å². The molecule has 0 aliphatic heterocycles. The maximum atomic E-state index is 13.7. The van der Waals surface area contributed by atoms with Crippen molar-refractivity contribution >= 4 is 22.9 Å². The predicted octanol–water partition coefficient (Wildman–Crippen LogP) is 2.76. The van der Waals surface area contributed by atoms with Gasteiger partial charge < -0.3 is 11.1 Å². The van der Waals surface area contributed by atoms with Crippen molar-refractivity contribution in [3.63, 3.8) is 0 Å². The van der Waals surface area contributed by atoms with Gasteiger partial charge in [0.05, 0.1) is 17.0 Å². The normalized spacial score (nSPS) is 9.75. The molecule has 2 rings (SSSR count). The average molecular weight is 288 g/mol. The van der Waals surface area contributed by atoms with E-state index in [-0.39, 0.29) is 18.0 Å². The van der Waals surface area contributed by atoms with E-state index in [1.54, 1.807) is 12.1 Å². The second-order valence-electron chi connectivity index (χ2n) is 4.06. The molecular formula is C15H13FN2OS. The van der Waals surface area contributed by atoms with E-state index < -0.39 is 5.82 Å². The molecule has 5 heteroatoms. The number of anilines is 1. The van der Waals surface area contributed by atoms with Crippen molar-refractivity contribution < 1.29 is 9.18 Å². The highest BCUT2D eigenvalue weighted by Gasteiger charge is 2.09. The predicted molar refractivity (Wildman–Crippen MR) is 79.3 cm³/mol. The van der Waals surface area contributed by atoms with Crippen molar-refractivity contribution in [3.05, 3.63) is 51.5 Å². The number of nitrogens with two attached hydrogens (primary N) is 1. The second-order valence-corrected chi connectivity index (χ2v) is 5.35. The highest BCUT2D eigenvalue weighted by atomic mass is 32.1. The van der Waals surface area contributed by atoms with Gasteiger partial charge in [0, 0.05) is 10.6 Å². The summed E-state index contributed by atoms with van der Waals surface area (Å²) >= 11 is 1.39. The number of carbonyl (C=O) groups excluding carboxylic acids is 1. The highest BCUT2D eigenvalue weighted by molar-refractivity contribution is 7.14. The van der Waals surface area contributed by atoms with Crippen LogP contribution >= 0.6 is 11.3 Å². The molecule has 0 spiro atoms. The Morgan fingerprint density at radius 1 is 1.40 bits per heavy atom. The summed E-state index contributed by atoms with van der Waals surface area (Å²) in [7, 11) is 0. The first-order chi connectivity index (χ1) is 9.60. The van der Waals surface area contributed by atoms with Crippen LogP contribution in [0.4, 0.5) is 10.1 Å². The third-order valence-electron chi connectivity index (χ3n) is 2.52. The lowest BCUT2D eigenvalue weighted by Gasteiger charge is -2.04. The molecule has 1 amide bonds. The zero-order valence-electron chi connectivity index (χ0n) is 10.9. The Morgan fingerprint density at radius 2 is 2.20 bits per heavy atom. The monoisotopic (exact) mass is 288 g/mol. The third kappa shape index (κ3) is 3.44. The summed E-state index contributed by atoms with van der Waals surface area (Å²) in [6.45, 7) is 2.10. The van der Waals surface area contributed by atoms with E-state index in [2.05, 4.69) is 17.2 Å². The fourth-order valence-electron chi connectivity index (χ4n) is 1.59. The van der Waals surface area contributed by atoms with Crippen molar-refractivity contribution in [1.29, 1.82) is 0 Å². The number of aryl methyl sites for hydroxylation is 1. The Balaban J connectivity index is 2.14. The number of hydrogen-bond donors (Lipinski definition) is 2. The van der Waals surface area contributed by atoms with Crippen LogP contribution in [0.5, 0.6) is 0 Å². The molecule has 1 aromatic heterocycles. The minimum atomic E-state index is -0.480. The van der Waals surface area contributed by atoms with Crippen LogP contribution in [-0.4, -0.2) is 12.5 Å². The lowest BCUT2D eigenvalue weighted by Crippen LogP contribution is -2.10. The first kappa shape index (κ1) is 14.3. The topological polar surface area (TPSA) is 55.1 Å². The van der Waals surface area contributed by atoms with Gasteiger partial charge in [0.1, 0.15) is 5.82 Å². The molecule has 1 aromatic carbocycles. The lowest BCUT2D eigenvalue weighted by atomic mass is 10.2. The summed E-state index contributed by atoms with van der Waals surface area (Å²) in [6, 6.07) is 7.99. The van der Waals surface area contributed by atoms with Crippen molar-refractivity contribution in [2.75, 3.05) is 11.9 Å². The highest BCUT2D eigenvalue weighted by Crippen LogP contribution is 2.18. The summed E-state index contributed by atoms with van der Waals surface area (Å²) in [5, 5.41) is 2.65. The quantitative estimate of drug-likeness (QED) is 0.835. The Hall–Kier alpha value is -2.16. The van der Waals surface area contributed by atoms with Crippen LogP contribution in [0.2, 0.25) is 0 Å². The van der Waals surface area contributed by atoms with Gasteiger partial charge in [-0.3, -0.25) is 4.79 Å². The molecular weight excluding hydrogens is 275 g/mol. The van der Waals surface area contributed by atoms with E-state index in [1.165, 1.54) is 23.5 Å². The number of nitrogens with one attached hydrogen (secondary N) is 1. The Bertz CT molecular complexity index is 697. The molecule has 3 nitrogen and oxygen atoms in total. The SMILES string of the molecule is Cc1ccc(C(=O)Nc2ccc(C#CCN)c(F)c2)s1. The van der Waals surface area contributed by atoms with Crippen LogP contribution in [0.1, 0.15) is 20.1 Å². The number of thiophene rings is 1. The standard InChI is InChI=1S/C15H13FN2OS/c1-10-4-7-14(20-10)15(19)18-12-6-5-11(3-2-8-17)13(16)9-12/h4-7,9H,8,17H2,1H3,(H,18,19). The number of benzene rings is 1. The van der Waals surface area contributed by atoms with E-state index in [0.29, 0.717) is 10.6 Å². The van der Waals surface area contributed by atoms with Gasteiger partial charge in [0.25, 0.3) is 5.91 Å². The minimum absolute atomic E-state index is 0.176. The van der Waals surface area contributed by atoms with Gasteiger partial charge in [0.15, 0.2) is 0 Å².